The van der Waals surface area contributed by atoms with E-state index in [0.29, 0.717) is 6.54 Å². The summed E-state index contributed by atoms with van der Waals surface area (Å²) in [5.74, 6) is 0. The number of hydrogen-bond acceptors (Lipinski definition) is 4. The lowest BCUT2D eigenvalue weighted by Crippen LogP contribution is -2.43. The Morgan fingerprint density at radius 2 is 2.18 bits per heavy atom. The zero-order valence-corrected chi connectivity index (χ0v) is 10.5. The van der Waals surface area contributed by atoms with Gasteiger partial charge >= 0.3 is 0 Å². The second-order valence-electron chi connectivity index (χ2n) is 5.17. The highest BCUT2D eigenvalue weighted by Crippen LogP contribution is 2.27. The van der Waals surface area contributed by atoms with Gasteiger partial charge in [0.1, 0.15) is 0 Å². The molecule has 0 aliphatic heterocycles. The molecule has 1 saturated carbocycles. The molecule has 1 heterocycles. The van der Waals surface area contributed by atoms with Gasteiger partial charge in [0.25, 0.3) is 0 Å². The van der Waals surface area contributed by atoms with E-state index < -0.39 is 0 Å². The van der Waals surface area contributed by atoms with Gasteiger partial charge in [0.15, 0.2) is 0 Å². The summed E-state index contributed by atoms with van der Waals surface area (Å²) >= 11 is 0. The minimum Gasteiger partial charge on any atom is -0.394 e. The molecule has 0 amide bonds. The van der Waals surface area contributed by atoms with Gasteiger partial charge in [-0.1, -0.05) is 24.5 Å². The summed E-state index contributed by atoms with van der Waals surface area (Å²) in [6, 6.07) is 0. The average molecular weight is 238 g/mol. The maximum absolute atomic E-state index is 8.80. The number of aliphatic hydroxyl groups is 1. The minimum atomic E-state index is 0.105. The summed E-state index contributed by atoms with van der Waals surface area (Å²) in [4.78, 5) is 0. The van der Waals surface area contributed by atoms with E-state index in [0.717, 1.165) is 12.2 Å². The van der Waals surface area contributed by atoms with E-state index in [-0.39, 0.29) is 12.1 Å². The van der Waals surface area contributed by atoms with E-state index >= 15 is 0 Å². The van der Waals surface area contributed by atoms with Crippen molar-refractivity contribution in [2.24, 2.45) is 0 Å². The van der Waals surface area contributed by atoms with Gasteiger partial charge in [-0.2, -0.15) is 0 Å². The van der Waals surface area contributed by atoms with Crippen LogP contribution >= 0.6 is 0 Å². The Morgan fingerprint density at radius 3 is 2.88 bits per heavy atom. The van der Waals surface area contributed by atoms with Crippen LogP contribution in [0.15, 0.2) is 6.20 Å². The Labute approximate surface area is 102 Å². The lowest BCUT2D eigenvalue weighted by molar-refractivity contribution is 0.251. The highest BCUT2D eigenvalue weighted by molar-refractivity contribution is 4.95. The van der Waals surface area contributed by atoms with Crippen molar-refractivity contribution >= 4 is 0 Å². The molecule has 1 aliphatic rings. The van der Waals surface area contributed by atoms with Crippen molar-refractivity contribution in [3.8, 4) is 0 Å². The third-order valence-corrected chi connectivity index (χ3v) is 3.57. The van der Waals surface area contributed by atoms with Crippen molar-refractivity contribution < 1.29 is 5.11 Å². The molecular formula is C12H22N4O. The third-order valence-electron chi connectivity index (χ3n) is 3.57. The van der Waals surface area contributed by atoms with Crippen molar-refractivity contribution in [2.45, 2.75) is 57.7 Å². The predicted octanol–water partition coefficient (Wildman–Crippen LogP) is 1.08. The molecule has 2 rings (SSSR count). The summed E-state index contributed by atoms with van der Waals surface area (Å²) in [5, 5.41) is 20.4. The van der Waals surface area contributed by atoms with Gasteiger partial charge in [-0.3, -0.25) is 0 Å². The van der Waals surface area contributed by atoms with Gasteiger partial charge in [-0.15, -0.1) is 5.10 Å². The highest BCUT2D eigenvalue weighted by atomic mass is 16.3. The first kappa shape index (κ1) is 12.5. The highest BCUT2D eigenvalue weighted by Gasteiger charge is 2.25. The van der Waals surface area contributed by atoms with Crippen LogP contribution in [0.4, 0.5) is 0 Å². The van der Waals surface area contributed by atoms with Crippen molar-refractivity contribution in [2.75, 3.05) is 6.61 Å². The fourth-order valence-electron chi connectivity index (χ4n) is 2.44. The van der Waals surface area contributed by atoms with E-state index in [1.807, 2.05) is 6.20 Å². The molecule has 0 aromatic carbocycles. The SMILES string of the molecule is CC1(NCc2cn(CCO)nn2)CCCCC1. The Kier molecular flexibility index (Phi) is 4.12. The summed E-state index contributed by atoms with van der Waals surface area (Å²) in [6.45, 7) is 3.68. The molecule has 96 valence electrons. The summed E-state index contributed by atoms with van der Waals surface area (Å²) in [7, 11) is 0. The molecule has 5 heteroatoms. The van der Waals surface area contributed by atoms with Crippen LogP contribution in [0.5, 0.6) is 0 Å². The van der Waals surface area contributed by atoms with E-state index in [9.17, 15) is 0 Å². The van der Waals surface area contributed by atoms with Crippen LogP contribution in [-0.4, -0.2) is 32.2 Å². The topological polar surface area (TPSA) is 63.0 Å². The number of rotatable bonds is 5. The second-order valence-corrected chi connectivity index (χ2v) is 5.17. The van der Waals surface area contributed by atoms with Crippen LogP contribution in [0.1, 0.15) is 44.7 Å². The second kappa shape index (κ2) is 5.60. The molecule has 17 heavy (non-hydrogen) atoms. The molecule has 0 saturated heterocycles. The summed E-state index contributed by atoms with van der Waals surface area (Å²) in [5.41, 5.74) is 1.21. The molecule has 0 bridgehead atoms. The third kappa shape index (κ3) is 3.51. The molecule has 0 spiro atoms. The van der Waals surface area contributed by atoms with Crippen molar-refractivity contribution in [3.63, 3.8) is 0 Å². The molecule has 0 unspecified atom stereocenters. The Balaban J connectivity index is 1.83. The molecule has 0 atom stereocenters. The number of nitrogens with one attached hydrogen (secondary N) is 1. The lowest BCUT2D eigenvalue weighted by atomic mass is 9.83. The maximum atomic E-state index is 8.80. The van der Waals surface area contributed by atoms with Gasteiger partial charge in [0.2, 0.25) is 0 Å². The first-order chi connectivity index (χ1) is 8.22. The molecule has 0 radical (unpaired) electrons. The summed E-state index contributed by atoms with van der Waals surface area (Å²) in [6.07, 6.45) is 8.40. The van der Waals surface area contributed by atoms with E-state index in [2.05, 4.69) is 22.6 Å². The monoisotopic (exact) mass is 238 g/mol. The Hall–Kier alpha value is -0.940. The molecule has 1 aromatic heterocycles. The van der Waals surface area contributed by atoms with Crippen molar-refractivity contribution in [1.29, 1.82) is 0 Å². The number of aliphatic hydroxyl groups excluding tert-OH is 1. The van der Waals surface area contributed by atoms with Gasteiger partial charge < -0.3 is 10.4 Å². The smallest absolute Gasteiger partial charge is 0.0965 e. The van der Waals surface area contributed by atoms with Crippen LogP contribution in [0, 0.1) is 0 Å². The van der Waals surface area contributed by atoms with Crippen LogP contribution in [0.3, 0.4) is 0 Å². The molecule has 5 nitrogen and oxygen atoms in total. The number of nitrogens with zero attached hydrogens (tertiary/aromatic N) is 3. The van der Waals surface area contributed by atoms with Gasteiger partial charge in [0.05, 0.1) is 18.8 Å². The Morgan fingerprint density at radius 1 is 1.41 bits per heavy atom. The van der Waals surface area contributed by atoms with Crippen molar-refractivity contribution in [1.82, 2.24) is 20.3 Å². The molecule has 2 N–H and O–H groups in total. The van der Waals surface area contributed by atoms with E-state index in [1.54, 1.807) is 4.68 Å². The van der Waals surface area contributed by atoms with Gasteiger partial charge in [-0.05, 0) is 19.8 Å². The predicted molar refractivity (Wildman–Crippen MR) is 65.4 cm³/mol. The quantitative estimate of drug-likeness (QED) is 0.806. The van der Waals surface area contributed by atoms with Gasteiger partial charge in [0, 0.05) is 18.3 Å². The zero-order chi connectivity index (χ0) is 12.1. The fourth-order valence-corrected chi connectivity index (χ4v) is 2.44. The van der Waals surface area contributed by atoms with Crippen LogP contribution in [0.25, 0.3) is 0 Å². The number of aromatic nitrogens is 3. The van der Waals surface area contributed by atoms with Gasteiger partial charge in [-0.25, -0.2) is 4.68 Å². The standard InChI is InChI=1S/C12H22N4O/c1-12(5-3-2-4-6-12)13-9-11-10-16(7-8-17)15-14-11/h10,13,17H,2-9H2,1H3. The average Bonchev–Trinajstić information content (AvgIpc) is 2.76. The summed E-state index contributed by atoms with van der Waals surface area (Å²) < 4.78 is 1.68. The van der Waals surface area contributed by atoms with Crippen LogP contribution < -0.4 is 5.32 Å². The van der Waals surface area contributed by atoms with Crippen molar-refractivity contribution in [3.05, 3.63) is 11.9 Å². The first-order valence-corrected chi connectivity index (χ1v) is 6.47. The largest absolute Gasteiger partial charge is 0.394 e. The number of hydrogen-bond donors (Lipinski definition) is 2. The van der Waals surface area contributed by atoms with E-state index in [1.165, 1.54) is 32.1 Å². The molecule has 1 aliphatic carbocycles. The van der Waals surface area contributed by atoms with Crippen LogP contribution in [-0.2, 0) is 13.1 Å². The zero-order valence-electron chi connectivity index (χ0n) is 10.5. The lowest BCUT2D eigenvalue weighted by Gasteiger charge is -2.34. The fraction of sp³-hybridized carbons (Fsp3) is 0.833. The molecular weight excluding hydrogens is 216 g/mol. The molecule has 1 aromatic rings. The van der Waals surface area contributed by atoms with E-state index in [4.69, 9.17) is 5.11 Å². The maximum Gasteiger partial charge on any atom is 0.0965 e. The Bertz CT molecular complexity index is 344. The van der Waals surface area contributed by atoms with Crippen LogP contribution in [0.2, 0.25) is 0 Å². The molecule has 1 fully saturated rings. The normalized spacial score (nSPS) is 19.4. The first-order valence-electron chi connectivity index (χ1n) is 6.47. The minimum absolute atomic E-state index is 0.105.